The fourth-order valence-electron chi connectivity index (χ4n) is 2.35. The van der Waals surface area contributed by atoms with E-state index < -0.39 is 0 Å². The van der Waals surface area contributed by atoms with E-state index in [1.807, 2.05) is 24.3 Å². The third kappa shape index (κ3) is 4.05. The highest BCUT2D eigenvalue weighted by Gasteiger charge is 2.15. The van der Waals surface area contributed by atoms with Crippen molar-refractivity contribution in [1.82, 2.24) is 10.2 Å². The van der Waals surface area contributed by atoms with Crippen molar-refractivity contribution < 1.29 is 18.6 Å². The van der Waals surface area contributed by atoms with Crippen LogP contribution >= 0.6 is 23.4 Å². The Balaban J connectivity index is 1.78. The zero-order chi connectivity index (χ0) is 18.5. The summed E-state index contributed by atoms with van der Waals surface area (Å²) in [7, 11) is 4.80. The second-order valence-electron chi connectivity index (χ2n) is 5.18. The Morgan fingerprint density at radius 2 is 1.77 bits per heavy atom. The van der Waals surface area contributed by atoms with Gasteiger partial charge in [0.15, 0.2) is 0 Å². The largest absolute Gasteiger partial charge is 0.497 e. The molecule has 0 aliphatic rings. The fourth-order valence-corrected chi connectivity index (χ4v) is 3.29. The van der Waals surface area contributed by atoms with E-state index in [0.29, 0.717) is 39.0 Å². The van der Waals surface area contributed by atoms with Crippen molar-refractivity contribution in [3.8, 4) is 28.7 Å². The zero-order valence-electron chi connectivity index (χ0n) is 14.5. The molecule has 26 heavy (non-hydrogen) atoms. The molecule has 0 amide bonds. The van der Waals surface area contributed by atoms with E-state index in [1.54, 1.807) is 33.5 Å². The van der Waals surface area contributed by atoms with Gasteiger partial charge in [-0.05, 0) is 30.3 Å². The highest BCUT2D eigenvalue weighted by Crippen LogP contribution is 2.35. The van der Waals surface area contributed by atoms with Gasteiger partial charge in [-0.2, -0.15) is 0 Å². The molecule has 0 aliphatic carbocycles. The minimum absolute atomic E-state index is 0.380. The molecule has 136 valence electrons. The summed E-state index contributed by atoms with van der Waals surface area (Å²) in [4.78, 5) is 0. The number of hydrogen-bond acceptors (Lipinski definition) is 7. The van der Waals surface area contributed by atoms with E-state index >= 15 is 0 Å². The predicted molar refractivity (Wildman–Crippen MR) is 100 cm³/mol. The molecule has 3 rings (SSSR count). The first-order valence-corrected chi connectivity index (χ1v) is 9.02. The third-order valence-electron chi connectivity index (χ3n) is 3.64. The Morgan fingerprint density at radius 1 is 0.962 bits per heavy atom. The molecule has 0 bridgehead atoms. The summed E-state index contributed by atoms with van der Waals surface area (Å²) in [6, 6.07) is 10.9. The van der Waals surface area contributed by atoms with E-state index in [4.69, 9.17) is 30.2 Å². The number of hydrogen-bond donors (Lipinski definition) is 0. The third-order valence-corrected chi connectivity index (χ3v) is 4.74. The summed E-state index contributed by atoms with van der Waals surface area (Å²) in [6.07, 6.45) is 0. The predicted octanol–water partition coefficient (Wildman–Crippen LogP) is 4.71. The van der Waals surface area contributed by atoms with Crippen LogP contribution in [0.1, 0.15) is 5.56 Å². The van der Waals surface area contributed by atoms with Gasteiger partial charge >= 0.3 is 0 Å². The van der Waals surface area contributed by atoms with Gasteiger partial charge < -0.3 is 18.6 Å². The molecule has 0 fully saturated rings. The molecule has 1 aromatic heterocycles. The van der Waals surface area contributed by atoms with E-state index in [9.17, 15) is 0 Å². The van der Waals surface area contributed by atoms with Crippen molar-refractivity contribution in [1.29, 1.82) is 0 Å². The Labute approximate surface area is 160 Å². The van der Waals surface area contributed by atoms with Gasteiger partial charge in [0.25, 0.3) is 11.1 Å². The Morgan fingerprint density at radius 3 is 2.50 bits per heavy atom. The summed E-state index contributed by atoms with van der Waals surface area (Å²) < 4.78 is 21.7. The maximum absolute atomic E-state index is 6.06. The molecule has 0 atom stereocenters. The van der Waals surface area contributed by atoms with Crippen molar-refractivity contribution >= 4 is 23.4 Å². The molecule has 0 saturated carbocycles. The van der Waals surface area contributed by atoms with Crippen LogP contribution in [0.4, 0.5) is 0 Å². The van der Waals surface area contributed by atoms with Crippen molar-refractivity contribution in [2.45, 2.75) is 11.0 Å². The van der Waals surface area contributed by atoms with E-state index in [-0.39, 0.29) is 0 Å². The Bertz CT molecular complexity index is 901. The molecule has 0 aliphatic heterocycles. The highest BCUT2D eigenvalue weighted by atomic mass is 35.5. The summed E-state index contributed by atoms with van der Waals surface area (Å²) in [5.41, 5.74) is 1.65. The van der Waals surface area contributed by atoms with Crippen LogP contribution in [0.2, 0.25) is 5.02 Å². The Kier molecular flexibility index (Phi) is 5.90. The van der Waals surface area contributed by atoms with Crippen LogP contribution in [0, 0.1) is 0 Å². The number of aromatic nitrogens is 2. The first-order valence-electron chi connectivity index (χ1n) is 7.65. The first-order chi connectivity index (χ1) is 12.6. The van der Waals surface area contributed by atoms with Gasteiger partial charge in [0, 0.05) is 22.4 Å². The van der Waals surface area contributed by atoms with Gasteiger partial charge in [-0.25, -0.2) is 0 Å². The first kappa shape index (κ1) is 18.4. The molecule has 8 heteroatoms. The number of thioether (sulfide) groups is 1. The number of halogens is 1. The second kappa shape index (κ2) is 8.33. The molecule has 0 saturated heterocycles. The maximum atomic E-state index is 6.06. The number of methoxy groups -OCH3 is 3. The number of nitrogens with zero attached hydrogens (tertiary/aromatic N) is 2. The number of benzene rings is 2. The number of ether oxygens (including phenoxy) is 3. The zero-order valence-corrected chi connectivity index (χ0v) is 16.1. The lowest BCUT2D eigenvalue weighted by atomic mass is 10.2. The lowest BCUT2D eigenvalue weighted by Crippen LogP contribution is -1.90. The maximum Gasteiger partial charge on any atom is 0.277 e. The highest BCUT2D eigenvalue weighted by molar-refractivity contribution is 7.98. The SMILES string of the molecule is COc1ccc(-c2nnc(SCc3cc(Cl)ccc3OC)o2)c(OC)c1. The van der Waals surface area contributed by atoms with Gasteiger partial charge in [-0.1, -0.05) is 23.4 Å². The topological polar surface area (TPSA) is 66.6 Å². The van der Waals surface area contributed by atoms with Crippen LogP contribution in [-0.4, -0.2) is 31.5 Å². The molecule has 0 spiro atoms. The van der Waals surface area contributed by atoms with Gasteiger partial charge in [0.1, 0.15) is 17.2 Å². The normalized spacial score (nSPS) is 10.6. The fraction of sp³-hybridized carbons (Fsp3) is 0.222. The molecule has 0 radical (unpaired) electrons. The van der Waals surface area contributed by atoms with Crippen molar-refractivity contribution in [2.24, 2.45) is 0 Å². The van der Waals surface area contributed by atoms with Crippen LogP contribution in [-0.2, 0) is 5.75 Å². The van der Waals surface area contributed by atoms with Gasteiger partial charge in [0.05, 0.1) is 26.9 Å². The monoisotopic (exact) mass is 392 g/mol. The van der Waals surface area contributed by atoms with Crippen molar-refractivity contribution in [2.75, 3.05) is 21.3 Å². The van der Waals surface area contributed by atoms with Crippen molar-refractivity contribution in [3.05, 3.63) is 47.0 Å². The average Bonchev–Trinajstić information content (AvgIpc) is 3.14. The van der Waals surface area contributed by atoms with E-state index in [2.05, 4.69) is 10.2 Å². The Hall–Kier alpha value is -2.38. The van der Waals surface area contributed by atoms with E-state index in [0.717, 1.165) is 11.3 Å². The molecule has 1 heterocycles. The van der Waals surface area contributed by atoms with Gasteiger partial charge in [-0.15, -0.1) is 10.2 Å². The molecular formula is C18H17ClN2O4S. The summed E-state index contributed by atoms with van der Waals surface area (Å²) >= 11 is 7.46. The summed E-state index contributed by atoms with van der Waals surface area (Å²) in [5, 5.41) is 9.29. The lowest BCUT2D eigenvalue weighted by Gasteiger charge is -2.07. The van der Waals surface area contributed by atoms with Crippen LogP contribution in [0.3, 0.4) is 0 Å². The molecule has 0 N–H and O–H groups in total. The smallest absolute Gasteiger partial charge is 0.277 e. The van der Waals surface area contributed by atoms with Crippen LogP contribution in [0.15, 0.2) is 46.0 Å². The quantitative estimate of drug-likeness (QED) is 0.539. The minimum atomic E-state index is 0.380. The summed E-state index contributed by atoms with van der Waals surface area (Å²) in [5.74, 6) is 3.02. The average molecular weight is 393 g/mol. The molecule has 2 aromatic carbocycles. The summed E-state index contributed by atoms with van der Waals surface area (Å²) in [6.45, 7) is 0. The molecule has 3 aromatic rings. The molecular weight excluding hydrogens is 376 g/mol. The van der Waals surface area contributed by atoms with Gasteiger partial charge in [0.2, 0.25) is 0 Å². The standard InChI is InChI=1S/C18H17ClN2O4S/c1-22-13-5-6-14(16(9-13)24-3)17-20-21-18(25-17)26-10-11-8-12(19)4-7-15(11)23-2/h4-9H,10H2,1-3H3. The van der Waals surface area contributed by atoms with Crippen LogP contribution in [0.5, 0.6) is 17.2 Å². The van der Waals surface area contributed by atoms with Crippen LogP contribution in [0.25, 0.3) is 11.5 Å². The van der Waals surface area contributed by atoms with Crippen molar-refractivity contribution in [3.63, 3.8) is 0 Å². The van der Waals surface area contributed by atoms with E-state index in [1.165, 1.54) is 11.8 Å². The minimum Gasteiger partial charge on any atom is -0.497 e. The lowest BCUT2D eigenvalue weighted by molar-refractivity contribution is 0.393. The molecule has 0 unspecified atom stereocenters. The number of rotatable bonds is 7. The van der Waals surface area contributed by atoms with Gasteiger partial charge in [-0.3, -0.25) is 0 Å². The van der Waals surface area contributed by atoms with Crippen LogP contribution < -0.4 is 14.2 Å². The second-order valence-corrected chi connectivity index (χ2v) is 6.55. The molecule has 6 nitrogen and oxygen atoms in total.